The van der Waals surface area contributed by atoms with E-state index in [1.165, 1.54) is 18.1 Å². The number of hydrogen-bond donors (Lipinski definition) is 1. The van der Waals surface area contributed by atoms with Gasteiger partial charge in [-0.25, -0.2) is 9.97 Å². The maximum Gasteiger partial charge on any atom is 0.234 e. The number of carbonyl (C=O) groups is 1. The molecule has 0 fully saturated rings. The van der Waals surface area contributed by atoms with E-state index in [0.29, 0.717) is 31.9 Å². The number of carbonyl (C=O) groups excluding carboxylic acids is 1. The van der Waals surface area contributed by atoms with Gasteiger partial charge < -0.3 is 5.32 Å². The molecule has 146 valence electrons. The number of benzene rings is 2. The molecule has 2 aromatic heterocycles. The molecule has 0 aliphatic carbocycles. The summed E-state index contributed by atoms with van der Waals surface area (Å²) >= 11 is 13.1. The van der Waals surface area contributed by atoms with Crippen molar-refractivity contribution in [1.29, 1.82) is 0 Å². The molecule has 0 saturated carbocycles. The predicted octanol–water partition coefficient (Wildman–Crippen LogP) is 4.56. The smallest absolute Gasteiger partial charge is 0.234 e. The number of thioether (sulfide) groups is 1. The number of nitrogens with zero attached hydrogens (tertiary/aromatic N) is 5. The molecule has 2 aromatic carbocycles. The summed E-state index contributed by atoms with van der Waals surface area (Å²) in [5.41, 5.74) is 3.70. The van der Waals surface area contributed by atoms with Gasteiger partial charge in [-0.3, -0.25) is 4.79 Å². The van der Waals surface area contributed by atoms with Crippen LogP contribution in [-0.4, -0.2) is 36.6 Å². The van der Waals surface area contributed by atoms with Gasteiger partial charge in [0.1, 0.15) is 11.4 Å². The fourth-order valence-electron chi connectivity index (χ4n) is 2.60. The van der Waals surface area contributed by atoms with Crippen LogP contribution in [0.2, 0.25) is 10.0 Å². The maximum absolute atomic E-state index is 12.3. The number of rotatable bonds is 5. The van der Waals surface area contributed by atoms with Crippen LogP contribution < -0.4 is 5.32 Å². The van der Waals surface area contributed by atoms with E-state index >= 15 is 0 Å². The van der Waals surface area contributed by atoms with Crippen molar-refractivity contribution in [3.05, 3.63) is 64.4 Å². The van der Waals surface area contributed by atoms with Crippen molar-refractivity contribution in [2.75, 3.05) is 11.1 Å². The van der Waals surface area contributed by atoms with Gasteiger partial charge in [0, 0.05) is 5.69 Å². The Morgan fingerprint density at radius 1 is 1.10 bits per heavy atom. The highest BCUT2D eigenvalue weighted by molar-refractivity contribution is 8.00. The second kappa shape index (κ2) is 8.36. The molecule has 4 rings (SSSR count). The molecular weight excluding hydrogens is 431 g/mol. The highest BCUT2D eigenvalue weighted by atomic mass is 35.5. The van der Waals surface area contributed by atoms with Crippen LogP contribution >= 0.6 is 35.0 Å². The number of amides is 1. The quantitative estimate of drug-likeness (QED) is 0.358. The lowest BCUT2D eigenvalue weighted by Crippen LogP contribution is -2.14. The Labute approximate surface area is 180 Å². The van der Waals surface area contributed by atoms with Crippen LogP contribution in [-0.2, 0) is 4.79 Å². The number of fused-ring (bicyclic) bond motifs is 1. The number of aryl methyl sites for hydroxylation is 1. The van der Waals surface area contributed by atoms with Crippen LogP contribution in [0.4, 0.5) is 5.69 Å². The van der Waals surface area contributed by atoms with Crippen LogP contribution in [0.1, 0.15) is 5.56 Å². The summed E-state index contributed by atoms with van der Waals surface area (Å²) in [5.74, 6) is -0.0601. The van der Waals surface area contributed by atoms with Crippen molar-refractivity contribution < 1.29 is 4.79 Å². The maximum atomic E-state index is 12.3. The van der Waals surface area contributed by atoms with Gasteiger partial charge in [-0.1, -0.05) is 57.9 Å². The molecule has 0 spiro atoms. The van der Waals surface area contributed by atoms with Crippen LogP contribution in [0.3, 0.4) is 0 Å². The third-order valence-electron chi connectivity index (χ3n) is 4.03. The number of halogens is 2. The summed E-state index contributed by atoms with van der Waals surface area (Å²) in [6.45, 7) is 2.02. The van der Waals surface area contributed by atoms with Gasteiger partial charge in [0.25, 0.3) is 0 Å². The van der Waals surface area contributed by atoms with Gasteiger partial charge in [-0.05, 0) is 37.3 Å². The third-order valence-corrected chi connectivity index (χ3v) is 5.74. The minimum atomic E-state index is -0.203. The Morgan fingerprint density at radius 2 is 1.90 bits per heavy atom. The van der Waals surface area contributed by atoms with Gasteiger partial charge >= 0.3 is 0 Å². The lowest BCUT2D eigenvalue weighted by atomic mass is 10.2. The second-order valence-electron chi connectivity index (χ2n) is 6.15. The first-order chi connectivity index (χ1) is 14.0. The first-order valence-corrected chi connectivity index (χ1v) is 10.3. The van der Waals surface area contributed by atoms with Crippen LogP contribution in [0.15, 0.2) is 53.8 Å². The fourth-order valence-corrected chi connectivity index (χ4v) is 3.63. The normalized spacial score (nSPS) is 11.0. The Morgan fingerprint density at radius 3 is 2.66 bits per heavy atom. The molecule has 1 N–H and O–H groups in total. The fraction of sp³-hybridized carbons (Fsp3) is 0.105. The van der Waals surface area contributed by atoms with Crippen molar-refractivity contribution in [3.8, 4) is 5.69 Å². The van der Waals surface area contributed by atoms with E-state index in [1.807, 2.05) is 31.2 Å². The molecule has 0 aliphatic rings. The highest BCUT2D eigenvalue weighted by Crippen LogP contribution is 2.26. The van der Waals surface area contributed by atoms with E-state index in [4.69, 9.17) is 23.2 Å². The number of anilines is 1. The Hall–Kier alpha value is -2.68. The highest BCUT2D eigenvalue weighted by Gasteiger charge is 2.15. The first-order valence-electron chi connectivity index (χ1n) is 8.52. The largest absolute Gasteiger partial charge is 0.325 e. The van der Waals surface area contributed by atoms with E-state index in [0.717, 1.165) is 11.3 Å². The minimum absolute atomic E-state index is 0.143. The Balaban J connectivity index is 1.50. The van der Waals surface area contributed by atoms with Gasteiger partial charge in [-0.2, -0.15) is 4.68 Å². The lowest BCUT2D eigenvalue weighted by molar-refractivity contribution is -0.113. The zero-order chi connectivity index (χ0) is 20.4. The van der Waals surface area contributed by atoms with Crippen LogP contribution in [0.25, 0.3) is 16.9 Å². The molecule has 1 amide bonds. The summed E-state index contributed by atoms with van der Waals surface area (Å²) in [6.07, 6.45) is 1.44. The van der Waals surface area contributed by atoms with Gasteiger partial charge in [0.05, 0.1) is 21.5 Å². The summed E-state index contributed by atoms with van der Waals surface area (Å²) in [6, 6.07) is 12.8. The lowest BCUT2D eigenvalue weighted by Gasteiger charge is -2.06. The average Bonchev–Trinajstić information content (AvgIpc) is 3.14. The summed E-state index contributed by atoms with van der Waals surface area (Å²) in [5, 5.41) is 12.6. The van der Waals surface area contributed by atoms with Gasteiger partial charge in [-0.15, -0.1) is 5.10 Å². The molecule has 0 unspecified atom stereocenters. The van der Waals surface area contributed by atoms with E-state index in [9.17, 15) is 4.79 Å². The molecule has 0 radical (unpaired) electrons. The molecule has 29 heavy (non-hydrogen) atoms. The first kappa shape index (κ1) is 19.6. The molecule has 4 aromatic rings. The van der Waals surface area contributed by atoms with Gasteiger partial charge in [0.15, 0.2) is 11.2 Å². The van der Waals surface area contributed by atoms with E-state index < -0.39 is 0 Å². The Kier molecular flexibility index (Phi) is 5.66. The van der Waals surface area contributed by atoms with Crippen molar-refractivity contribution in [2.24, 2.45) is 0 Å². The molecule has 0 saturated heterocycles. The molecule has 2 heterocycles. The molecular formula is C19H14Cl2N6OS. The number of hydrogen-bond acceptors (Lipinski definition) is 6. The topological polar surface area (TPSA) is 85.6 Å². The SMILES string of the molecule is Cc1ccc(-n2nnc3c(SCC(=O)Nc4ccc(Cl)c(Cl)c4)ncnc32)cc1. The summed E-state index contributed by atoms with van der Waals surface area (Å²) in [4.78, 5) is 20.8. The second-order valence-corrected chi connectivity index (χ2v) is 7.93. The summed E-state index contributed by atoms with van der Waals surface area (Å²) < 4.78 is 1.65. The molecule has 0 aliphatic heterocycles. The van der Waals surface area contributed by atoms with Crippen LogP contribution in [0, 0.1) is 6.92 Å². The molecule has 7 nitrogen and oxygen atoms in total. The zero-order valence-corrected chi connectivity index (χ0v) is 17.5. The number of nitrogens with one attached hydrogen (secondary N) is 1. The molecule has 10 heteroatoms. The average molecular weight is 445 g/mol. The van der Waals surface area contributed by atoms with Crippen molar-refractivity contribution in [1.82, 2.24) is 25.0 Å². The van der Waals surface area contributed by atoms with E-state index in [2.05, 4.69) is 25.6 Å². The van der Waals surface area contributed by atoms with Crippen molar-refractivity contribution in [3.63, 3.8) is 0 Å². The molecule has 0 atom stereocenters. The third kappa shape index (κ3) is 4.34. The van der Waals surface area contributed by atoms with Crippen LogP contribution in [0.5, 0.6) is 0 Å². The number of aromatic nitrogens is 5. The standard InChI is InChI=1S/C19H14Cl2N6OS/c1-11-2-5-13(6-3-11)27-18-17(25-26-27)19(23-10-22-18)29-9-16(28)24-12-4-7-14(20)15(21)8-12/h2-8,10H,9H2,1H3,(H,24,28). The molecule has 0 bridgehead atoms. The van der Waals surface area contributed by atoms with E-state index in [-0.39, 0.29) is 11.7 Å². The minimum Gasteiger partial charge on any atom is -0.325 e. The summed E-state index contributed by atoms with van der Waals surface area (Å²) in [7, 11) is 0. The monoisotopic (exact) mass is 444 g/mol. The van der Waals surface area contributed by atoms with E-state index in [1.54, 1.807) is 22.9 Å². The predicted molar refractivity (Wildman–Crippen MR) is 115 cm³/mol. The zero-order valence-electron chi connectivity index (χ0n) is 15.1. The van der Waals surface area contributed by atoms with Crippen molar-refractivity contribution >= 4 is 57.7 Å². The van der Waals surface area contributed by atoms with Gasteiger partial charge in [0.2, 0.25) is 5.91 Å². The van der Waals surface area contributed by atoms with Crippen molar-refractivity contribution in [2.45, 2.75) is 11.9 Å². The Bertz CT molecular complexity index is 1200.